The molecule has 3 heterocycles. The second-order valence-electron chi connectivity index (χ2n) is 7.51. The van der Waals surface area contributed by atoms with Crippen LogP contribution in [0.25, 0.3) is 10.9 Å². The van der Waals surface area contributed by atoms with Gasteiger partial charge in [0.1, 0.15) is 5.82 Å². The number of halogens is 1. The number of carbonyl (C=O) groups is 1. The Bertz CT molecular complexity index is 1010. The van der Waals surface area contributed by atoms with E-state index >= 15 is 0 Å². The van der Waals surface area contributed by atoms with Crippen molar-refractivity contribution in [3.63, 3.8) is 0 Å². The van der Waals surface area contributed by atoms with Gasteiger partial charge in [0.25, 0.3) is 5.91 Å². The number of carbonyl (C=O) groups excluding carboxylic acids is 1. The fourth-order valence-corrected chi connectivity index (χ4v) is 3.81. The zero-order valence-corrected chi connectivity index (χ0v) is 15.7. The molecule has 0 atom stereocenters. The third-order valence-electron chi connectivity index (χ3n) is 5.46. The average Bonchev–Trinajstić information content (AvgIpc) is 2.68. The van der Waals surface area contributed by atoms with Crippen molar-refractivity contribution in [2.24, 2.45) is 0 Å². The lowest BCUT2D eigenvalue weighted by Crippen LogP contribution is -2.47. The summed E-state index contributed by atoms with van der Waals surface area (Å²) in [6.07, 6.45) is 5.04. The number of fused-ring (bicyclic) bond motifs is 1. The largest absolute Gasteiger partial charge is 0.389 e. The van der Waals surface area contributed by atoms with Gasteiger partial charge < -0.3 is 10.0 Å². The molecule has 0 saturated carbocycles. The van der Waals surface area contributed by atoms with Gasteiger partial charge in [0.05, 0.1) is 22.4 Å². The Balaban J connectivity index is 1.49. The lowest BCUT2D eigenvalue weighted by atomic mass is 9.85. The van der Waals surface area contributed by atoms with Crippen LogP contribution in [0.5, 0.6) is 0 Å². The van der Waals surface area contributed by atoms with Crippen molar-refractivity contribution in [2.75, 3.05) is 13.1 Å². The second-order valence-corrected chi connectivity index (χ2v) is 7.51. The number of likely N-dealkylation sites (tertiary alicyclic amines) is 1. The van der Waals surface area contributed by atoms with Gasteiger partial charge in [-0.1, -0.05) is 0 Å². The van der Waals surface area contributed by atoms with E-state index in [1.54, 1.807) is 36.4 Å². The van der Waals surface area contributed by atoms with Gasteiger partial charge in [-0.15, -0.1) is 0 Å². The van der Waals surface area contributed by atoms with Gasteiger partial charge in [-0.2, -0.15) is 0 Å². The maximum absolute atomic E-state index is 13.4. The molecule has 0 unspecified atom stereocenters. The standard InChI is InChI=1S/C22H22FN3O2/c1-15-19(12-17-2-3-18(23)13-20(17)25-15)21(27)26-10-6-22(28,7-11-26)14-16-4-8-24-9-5-16/h2-5,8-9,12-13,28H,6-7,10-11,14H2,1H3. The minimum atomic E-state index is -0.813. The fourth-order valence-electron chi connectivity index (χ4n) is 3.81. The molecule has 2 aromatic heterocycles. The number of aryl methyl sites for hydroxylation is 1. The van der Waals surface area contributed by atoms with Crippen molar-refractivity contribution in [1.82, 2.24) is 14.9 Å². The Morgan fingerprint density at radius 2 is 1.89 bits per heavy atom. The molecule has 6 heteroatoms. The van der Waals surface area contributed by atoms with E-state index in [4.69, 9.17) is 0 Å². The highest BCUT2D eigenvalue weighted by molar-refractivity contribution is 5.98. The summed E-state index contributed by atoms with van der Waals surface area (Å²) in [6, 6.07) is 9.96. The zero-order chi connectivity index (χ0) is 19.7. The van der Waals surface area contributed by atoms with Gasteiger partial charge in [0.2, 0.25) is 0 Å². The van der Waals surface area contributed by atoms with E-state index in [1.165, 1.54) is 12.1 Å². The fraction of sp³-hybridized carbons (Fsp3) is 0.318. The van der Waals surface area contributed by atoms with Crippen molar-refractivity contribution < 1.29 is 14.3 Å². The van der Waals surface area contributed by atoms with Gasteiger partial charge in [-0.3, -0.25) is 14.8 Å². The number of rotatable bonds is 3. The molecule has 1 fully saturated rings. The highest BCUT2D eigenvalue weighted by Crippen LogP contribution is 2.28. The first-order chi connectivity index (χ1) is 13.4. The summed E-state index contributed by atoms with van der Waals surface area (Å²) in [6.45, 7) is 2.74. The number of hydrogen-bond acceptors (Lipinski definition) is 4. The van der Waals surface area contributed by atoms with Crippen LogP contribution in [-0.4, -0.2) is 44.6 Å². The van der Waals surface area contributed by atoms with Crippen molar-refractivity contribution in [3.8, 4) is 0 Å². The molecule has 1 saturated heterocycles. The topological polar surface area (TPSA) is 66.3 Å². The van der Waals surface area contributed by atoms with Crippen LogP contribution in [0, 0.1) is 12.7 Å². The van der Waals surface area contributed by atoms with Crippen LogP contribution >= 0.6 is 0 Å². The highest BCUT2D eigenvalue weighted by Gasteiger charge is 2.34. The number of piperidine rings is 1. The summed E-state index contributed by atoms with van der Waals surface area (Å²) in [5.41, 5.74) is 1.88. The molecule has 28 heavy (non-hydrogen) atoms. The van der Waals surface area contributed by atoms with Crippen molar-refractivity contribution >= 4 is 16.8 Å². The molecule has 0 spiro atoms. The molecular weight excluding hydrogens is 357 g/mol. The van der Waals surface area contributed by atoms with Crippen LogP contribution in [0.15, 0.2) is 48.8 Å². The van der Waals surface area contributed by atoms with E-state index in [9.17, 15) is 14.3 Å². The summed E-state index contributed by atoms with van der Waals surface area (Å²) in [5, 5.41) is 11.6. The minimum absolute atomic E-state index is 0.0952. The Morgan fingerprint density at radius 1 is 1.18 bits per heavy atom. The predicted octanol–water partition coefficient (Wildman–Crippen LogP) is 3.29. The van der Waals surface area contributed by atoms with Crippen LogP contribution in [0.2, 0.25) is 0 Å². The molecular formula is C22H22FN3O2. The van der Waals surface area contributed by atoms with E-state index in [0.717, 1.165) is 10.9 Å². The van der Waals surface area contributed by atoms with Crippen LogP contribution < -0.4 is 0 Å². The predicted molar refractivity (Wildman–Crippen MR) is 104 cm³/mol. The summed E-state index contributed by atoms with van der Waals surface area (Å²) in [7, 11) is 0. The van der Waals surface area contributed by atoms with E-state index in [1.807, 2.05) is 12.1 Å². The van der Waals surface area contributed by atoms with Crippen molar-refractivity contribution in [1.29, 1.82) is 0 Å². The third kappa shape index (κ3) is 3.73. The molecule has 144 valence electrons. The molecule has 1 aromatic carbocycles. The first kappa shape index (κ1) is 18.5. The van der Waals surface area contributed by atoms with Gasteiger partial charge in [-0.05, 0) is 55.7 Å². The molecule has 1 aliphatic rings. The molecule has 0 bridgehead atoms. The number of hydrogen-bond donors (Lipinski definition) is 1. The number of benzene rings is 1. The molecule has 1 aliphatic heterocycles. The Morgan fingerprint density at radius 3 is 2.61 bits per heavy atom. The third-order valence-corrected chi connectivity index (χ3v) is 5.46. The minimum Gasteiger partial charge on any atom is -0.389 e. The smallest absolute Gasteiger partial charge is 0.255 e. The molecule has 4 rings (SSSR count). The van der Waals surface area contributed by atoms with Crippen molar-refractivity contribution in [3.05, 3.63) is 71.4 Å². The SMILES string of the molecule is Cc1nc2cc(F)ccc2cc1C(=O)N1CCC(O)(Cc2ccncc2)CC1. The maximum atomic E-state index is 13.4. The number of amides is 1. The Hall–Kier alpha value is -2.86. The maximum Gasteiger partial charge on any atom is 0.255 e. The molecule has 0 aliphatic carbocycles. The van der Waals surface area contributed by atoms with E-state index in [2.05, 4.69) is 9.97 Å². The monoisotopic (exact) mass is 379 g/mol. The number of aliphatic hydroxyl groups is 1. The van der Waals surface area contributed by atoms with Crippen LogP contribution in [0.3, 0.4) is 0 Å². The normalized spacial score (nSPS) is 16.3. The van der Waals surface area contributed by atoms with E-state index < -0.39 is 5.60 Å². The lowest BCUT2D eigenvalue weighted by Gasteiger charge is -2.38. The van der Waals surface area contributed by atoms with Gasteiger partial charge in [0.15, 0.2) is 0 Å². The summed E-state index contributed by atoms with van der Waals surface area (Å²) < 4.78 is 13.4. The first-order valence-electron chi connectivity index (χ1n) is 9.41. The van der Waals surface area contributed by atoms with E-state index in [0.29, 0.717) is 49.1 Å². The summed E-state index contributed by atoms with van der Waals surface area (Å²) in [4.78, 5) is 23.2. The van der Waals surface area contributed by atoms with Crippen LogP contribution in [0.1, 0.15) is 34.5 Å². The molecule has 1 N–H and O–H groups in total. The second kappa shape index (κ2) is 7.28. The quantitative estimate of drug-likeness (QED) is 0.758. The van der Waals surface area contributed by atoms with Gasteiger partial charge in [-0.25, -0.2) is 4.39 Å². The Labute approximate surface area is 162 Å². The average molecular weight is 379 g/mol. The van der Waals surface area contributed by atoms with Crippen molar-refractivity contribution in [2.45, 2.75) is 31.8 Å². The number of aromatic nitrogens is 2. The summed E-state index contributed by atoms with van der Waals surface area (Å²) >= 11 is 0. The van der Waals surface area contributed by atoms with Gasteiger partial charge in [0, 0.05) is 43.4 Å². The van der Waals surface area contributed by atoms with Crippen LogP contribution in [-0.2, 0) is 6.42 Å². The van der Waals surface area contributed by atoms with E-state index in [-0.39, 0.29) is 11.7 Å². The lowest BCUT2D eigenvalue weighted by molar-refractivity contribution is -0.0162. The molecule has 1 amide bonds. The molecule has 0 radical (unpaired) electrons. The number of nitrogens with zero attached hydrogens (tertiary/aromatic N) is 3. The van der Waals surface area contributed by atoms with Crippen LogP contribution in [0.4, 0.5) is 4.39 Å². The molecule has 5 nitrogen and oxygen atoms in total. The first-order valence-corrected chi connectivity index (χ1v) is 9.41. The molecule has 3 aromatic rings. The summed E-state index contributed by atoms with van der Waals surface area (Å²) in [5.74, 6) is -0.440. The highest BCUT2D eigenvalue weighted by atomic mass is 19.1. The van der Waals surface area contributed by atoms with Gasteiger partial charge >= 0.3 is 0 Å². The zero-order valence-electron chi connectivity index (χ0n) is 15.7. The number of pyridine rings is 2. The Kier molecular flexibility index (Phi) is 4.81.